The first kappa shape index (κ1) is 12.1. The van der Waals surface area contributed by atoms with Crippen LogP contribution in [0.4, 0.5) is 5.95 Å². The Morgan fingerprint density at radius 3 is 2.50 bits per heavy atom. The van der Waals surface area contributed by atoms with Crippen LogP contribution < -0.4 is 5.32 Å². The lowest BCUT2D eigenvalue weighted by atomic mass is 10.1. The lowest BCUT2D eigenvalue weighted by molar-refractivity contribution is 0.102. The van der Waals surface area contributed by atoms with Crippen molar-refractivity contribution in [3.63, 3.8) is 0 Å². The molecule has 1 amide bonds. The number of aromatic nitrogens is 2. The lowest BCUT2D eigenvalue weighted by Gasteiger charge is -2.07. The Labute approximate surface area is 107 Å². The van der Waals surface area contributed by atoms with Crippen LogP contribution in [-0.2, 0) is 0 Å². The van der Waals surface area contributed by atoms with Crippen molar-refractivity contribution in [3.8, 4) is 11.5 Å². The smallest absolute Gasteiger partial charge is 0.265 e. The number of carbonyl (C=O) groups is 1. The van der Waals surface area contributed by atoms with Crippen LogP contribution in [0.25, 0.3) is 0 Å². The van der Waals surface area contributed by atoms with Crippen LogP contribution in [0.2, 0.25) is 5.15 Å². The first-order valence-electron chi connectivity index (χ1n) is 4.89. The van der Waals surface area contributed by atoms with E-state index in [4.69, 9.17) is 11.6 Å². The van der Waals surface area contributed by atoms with Crippen LogP contribution in [-0.4, -0.2) is 26.1 Å². The zero-order valence-corrected chi connectivity index (χ0v) is 9.72. The first-order chi connectivity index (χ1) is 8.58. The number of nitrogens with zero attached hydrogens (tertiary/aromatic N) is 2. The highest BCUT2D eigenvalue weighted by Gasteiger charge is 2.16. The van der Waals surface area contributed by atoms with Crippen molar-refractivity contribution in [1.82, 2.24) is 9.97 Å². The maximum atomic E-state index is 11.8. The van der Waals surface area contributed by atoms with E-state index in [-0.39, 0.29) is 28.2 Å². The Kier molecular flexibility index (Phi) is 3.29. The second kappa shape index (κ2) is 4.89. The molecule has 6 nitrogen and oxygen atoms in total. The minimum absolute atomic E-state index is 0.0184. The summed E-state index contributed by atoms with van der Waals surface area (Å²) < 4.78 is 0. The average Bonchev–Trinajstić information content (AvgIpc) is 2.28. The van der Waals surface area contributed by atoms with Crippen molar-refractivity contribution in [1.29, 1.82) is 0 Å². The number of anilines is 1. The largest absolute Gasteiger partial charge is 0.507 e. The number of hydrogen-bond donors (Lipinski definition) is 3. The van der Waals surface area contributed by atoms with Gasteiger partial charge in [0.1, 0.15) is 22.2 Å². The molecule has 92 valence electrons. The van der Waals surface area contributed by atoms with Crippen LogP contribution >= 0.6 is 11.6 Å². The average molecular weight is 266 g/mol. The Hall–Kier alpha value is -2.34. The molecule has 0 saturated carbocycles. The van der Waals surface area contributed by atoms with Gasteiger partial charge in [0, 0.05) is 6.20 Å². The summed E-state index contributed by atoms with van der Waals surface area (Å²) in [5, 5.41) is 21.5. The zero-order valence-electron chi connectivity index (χ0n) is 8.96. The molecule has 0 saturated heterocycles. The number of hydrogen-bond acceptors (Lipinski definition) is 5. The molecular formula is C11H8ClN3O3. The second-order valence-electron chi connectivity index (χ2n) is 3.33. The van der Waals surface area contributed by atoms with E-state index in [9.17, 15) is 15.0 Å². The van der Waals surface area contributed by atoms with Crippen molar-refractivity contribution in [2.45, 2.75) is 0 Å². The van der Waals surface area contributed by atoms with Gasteiger partial charge in [-0.3, -0.25) is 10.1 Å². The standard InChI is InChI=1S/C11H8ClN3O3/c12-8-4-5-13-11(14-8)15-10(18)9-6(16)2-1-3-7(9)17/h1-5,16-17H,(H,13,14,15,18). The maximum absolute atomic E-state index is 11.8. The highest BCUT2D eigenvalue weighted by molar-refractivity contribution is 6.29. The third-order valence-corrected chi connectivity index (χ3v) is 2.30. The third-order valence-electron chi connectivity index (χ3n) is 2.09. The van der Waals surface area contributed by atoms with Gasteiger partial charge in [-0.15, -0.1) is 0 Å². The molecule has 1 heterocycles. The molecule has 0 unspecified atom stereocenters. The molecule has 2 rings (SSSR count). The Balaban J connectivity index is 2.28. The molecule has 1 aromatic carbocycles. The first-order valence-corrected chi connectivity index (χ1v) is 5.26. The van der Waals surface area contributed by atoms with Gasteiger partial charge in [-0.2, -0.15) is 0 Å². The topological polar surface area (TPSA) is 95.3 Å². The number of nitrogens with one attached hydrogen (secondary N) is 1. The number of carbonyl (C=O) groups excluding carboxylic acids is 1. The van der Waals surface area contributed by atoms with E-state index in [1.165, 1.54) is 30.5 Å². The van der Waals surface area contributed by atoms with Gasteiger partial charge in [0.15, 0.2) is 0 Å². The molecule has 3 N–H and O–H groups in total. The molecule has 0 aliphatic heterocycles. The van der Waals surface area contributed by atoms with Gasteiger partial charge in [0.2, 0.25) is 5.95 Å². The van der Waals surface area contributed by atoms with E-state index < -0.39 is 5.91 Å². The molecule has 0 bridgehead atoms. The van der Waals surface area contributed by atoms with E-state index in [1.807, 2.05) is 0 Å². The van der Waals surface area contributed by atoms with Crippen molar-refractivity contribution in [3.05, 3.63) is 41.2 Å². The molecule has 0 aliphatic rings. The lowest BCUT2D eigenvalue weighted by Crippen LogP contribution is -2.14. The number of phenols is 2. The van der Waals surface area contributed by atoms with Gasteiger partial charge in [-0.1, -0.05) is 17.7 Å². The van der Waals surface area contributed by atoms with Crippen molar-refractivity contribution in [2.24, 2.45) is 0 Å². The summed E-state index contributed by atoms with van der Waals surface area (Å²) in [7, 11) is 0. The summed E-state index contributed by atoms with van der Waals surface area (Å²) in [6, 6.07) is 5.44. The van der Waals surface area contributed by atoms with Gasteiger partial charge in [0.05, 0.1) is 0 Å². The third kappa shape index (κ3) is 2.49. The molecule has 18 heavy (non-hydrogen) atoms. The second-order valence-corrected chi connectivity index (χ2v) is 3.72. The summed E-state index contributed by atoms with van der Waals surface area (Å²) in [5.41, 5.74) is -0.249. The number of benzene rings is 1. The fourth-order valence-corrected chi connectivity index (χ4v) is 1.46. The van der Waals surface area contributed by atoms with E-state index >= 15 is 0 Å². The van der Waals surface area contributed by atoms with E-state index in [2.05, 4.69) is 15.3 Å². The molecule has 0 atom stereocenters. The SMILES string of the molecule is O=C(Nc1nccc(Cl)n1)c1c(O)cccc1O. The maximum Gasteiger partial charge on any atom is 0.265 e. The van der Waals surface area contributed by atoms with Gasteiger partial charge in [0.25, 0.3) is 5.91 Å². The highest BCUT2D eigenvalue weighted by Crippen LogP contribution is 2.26. The summed E-state index contributed by atoms with van der Waals surface area (Å²) in [4.78, 5) is 19.3. The van der Waals surface area contributed by atoms with Crippen LogP contribution in [0.5, 0.6) is 11.5 Å². The number of rotatable bonds is 2. The highest BCUT2D eigenvalue weighted by atomic mass is 35.5. The molecule has 0 aliphatic carbocycles. The molecule has 0 spiro atoms. The predicted molar refractivity (Wildman–Crippen MR) is 64.8 cm³/mol. The van der Waals surface area contributed by atoms with Crippen molar-refractivity contribution >= 4 is 23.5 Å². The predicted octanol–water partition coefficient (Wildman–Crippen LogP) is 1.79. The number of phenolic OH excluding ortho intramolecular Hbond substituents is 2. The molecule has 2 aromatic rings. The molecular weight excluding hydrogens is 258 g/mol. The van der Waals surface area contributed by atoms with Crippen LogP contribution in [0.1, 0.15) is 10.4 Å². The molecule has 1 aromatic heterocycles. The Morgan fingerprint density at radius 2 is 1.89 bits per heavy atom. The van der Waals surface area contributed by atoms with Crippen molar-refractivity contribution < 1.29 is 15.0 Å². The van der Waals surface area contributed by atoms with Crippen molar-refractivity contribution in [2.75, 3.05) is 5.32 Å². The Bertz CT molecular complexity index is 584. The monoisotopic (exact) mass is 265 g/mol. The fraction of sp³-hybridized carbons (Fsp3) is 0. The van der Waals surface area contributed by atoms with Crippen LogP contribution in [0, 0.1) is 0 Å². The van der Waals surface area contributed by atoms with E-state index in [1.54, 1.807) is 0 Å². The van der Waals surface area contributed by atoms with Gasteiger partial charge >= 0.3 is 0 Å². The van der Waals surface area contributed by atoms with Gasteiger partial charge in [-0.05, 0) is 18.2 Å². The Morgan fingerprint density at radius 1 is 1.22 bits per heavy atom. The zero-order chi connectivity index (χ0) is 13.1. The summed E-state index contributed by atoms with van der Waals surface area (Å²) in [6.45, 7) is 0. The fourth-order valence-electron chi connectivity index (χ4n) is 1.32. The normalized spacial score (nSPS) is 10.1. The van der Waals surface area contributed by atoms with Gasteiger partial charge in [-0.25, -0.2) is 9.97 Å². The number of aromatic hydroxyl groups is 2. The number of amides is 1. The van der Waals surface area contributed by atoms with Gasteiger partial charge < -0.3 is 10.2 Å². The summed E-state index contributed by atoms with van der Waals surface area (Å²) in [6.07, 6.45) is 1.37. The van der Waals surface area contributed by atoms with E-state index in [0.29, 0.717) is 0 Å². The minimum Gasteiger partial charge on any atom is -0.507 e. The van der Waals surface area contributed by atoms with Crippen LogP contribution in [0.15, 0.2) is 30.5 Å². The summed E-state index contributed by atoms with van der Waals surface area (Å²) >= 11 is 5.64. The molecule has 7 heteroatoms. The van der Waals surface area contributed by atoms with E-state index in [0.717, 1.165) is 0 Å². The quantitative estimate of drug-likeness (QED) is 0.720. The number of halogens is 1. The summed E-state index contributed by atoms with van der Waals surface area (Å²) in [5.74, 6) is -1.42. The molecule has 0 fully saturated rings. The molecule has 0 radical (unpaired) electrons. The minimum atomic E-state index is -0.729. The van der Waals surface area contributed by atoms with Crippen LogP contribution in [0.3, 0.4) is 0 Å².